The van der Waals surface area contributed by atoms with E-state index in [1.54, 1.807) is 17.4 Å². The molecule has 0 radical (unpaired) electrons. The lowest BCUT2D eigenvalue weighted by Gasteiger charge is -2.17. The van der Waals surface area contributed by atoms with Crippen LogP contribution in [0.5, 0.6) is 0 Å². The molecule has 1 unspecified atom stereocenters. The highest BCUT2D eigenvalue weighted by atomic mass is 32.1. The molecule has 1 aromatic rings. The van der Waals surface area contributed by atoms with Gasteiger partial charge in [0.25, 0.3) is 0 Å². The second-order valence-electron chi connectivity index (χ2n) is 4.56. The highest BCUT2D eigenvalue weighted by Gasteiger charge is 2.21. The average molecular weight is 281 g/mol. The fraction of sp³-hybridized carbons (Fsp3) is 0.429. The van der Waals surface area contributed by atoms with Gasteiger partial charge in [-0.15, -0.1) is 11.3 Å². The van der Waals surface area contributed by atoms with E-state index in [0.717, 1.165) is 4.88 Å². The molecule has 1 heterocycles. The maximum Gasteiger partial charge on any atom is 0.328 e. The van der Waals surface area contributed by atoms with E-state index in [1.807, 2.05) is 31.4 Å². The fourth-order valence-electron chi connectivity index (χ4n) is 1.59. The van der Waals surface area contributed by atoms with Gasteiger partial charge in [0.1, 0.15) is 6.04 Å². The molecule has 0 bridgehead atoms. The van der Waals surface area contributed by atoms with Crippen molar-refractivity contribution in [3.05, 3.63) is 28.5 Å². The van der Waals surface area contributed by atoms with Crippen LogP contribution in [0.2, 0.25) is 0 Å². The molecule has 1 N–H and O–H groups in total. The Labute approximate surface area is 117 Å². The maximum absolute atomic E-state index is 11.7. The normalized spacial score (nSPS) is 12.6. The fourth-order valence-corrected chi connectivity index (χ4v) is 2.21. The van der Waals surface area contributed by atoms with Gasteiger partial charge in [-0.25, -0.2) is 4.79 Å². The Bertz CT molecular complexity index is 438. The minimum absolute atomic E-state index is 0.288. The highest BCUT2D eigenvalue weighted by molar-refractivity contribution is 7.10. The van der Waals surface area contributed by atoms with Crippen molar-refractivity contribution in [1.82, 2.24) is 5.32 Å². The Morgan fingerprint density at radius 3 is 2.74 bits per heavy atom. The van der Waals surface area contributed by atoms with Crippen LogP contribution in [0.15, 0.2) is 23.6 Å². The van der Waals surface area contributed by atoms with Crippen LogP contribution in [0, 0.1) is 5.92 Å². The number of hydrogen-bond donors (Lipinski definition) is 1. The summed E-state index contributed by atoms with van der Waals surface area (Å²) in [7, 11) is 1.32. The Morgan fingerprint density at radius 2 is 2.21 bits per heavy atom. The lowest BCUT2D eigenvalue weighted by atomic mass is 10.0. The van der Waals surface area contributed by atoms with E-state index in [2.05, 4.69) is 10.1 Å². The Balaban J connectivity index is 2.58. The molecule has 0 saturated carbocycles. The van der Waals surface area contributed by atoms with Gasteiger partial charge in [-0.3, -0.25) is 4.79 Å². The van der Waals surface area contributed by atoms with Crippen molar-refractivity contribution < 1.29 is 14.3 Å². The van der Waals surface area contributed by atoms with Crippen molar-refractivity contribution in [3.8, 4) is 0 Å². The predicted molar refractivity (Wildman–Crippen MR) is 76.8 cm³/mol. The van der Waals surface area contributed by atoms with E-state index in [0.29, 0.717) is 12.3 Å². The van der Waals surface area contributed by atoms with E-state index < -0.39 is 12.0 Å². The van der Waals surface area contributed by atoms with Crippen LogP contribution in [0.25, 0.3) is 6.08 Å². The summed E-state index contributed by atoms with van der Waals surface area (Å²) in [6.45, 7) is 3.98. The van der Waals surface area contributed by atoms with Crippen molar-refractivity contribution in [2.24, 2.45) is 5.92 Å². The molecule has 0 aliphatic rings. The highest BCUT2D eigenvalue weighted by Crippen LogP contribution is 2.10. The molecule has 1 aromatic heterocycles. The summed E-state index contributed by atoms with van der Waals surface area (Å²) in [6.07, 6.45) is 3.72. The summed E-state index contributed by atoms with van der Waals surface area (Å²) >= 11 is 1.55. The van der Waals surface area contributed by atoms with E-state index >= 15 is 0 Å². The molecular weight excluding hydrogens is 262 g/mol. The monoisotopic (exact) mass is 281 g/mol. The second kappa shape index (κ2) is 7.74. The number of nitrogens with one attached hydrogen (secondary N) is 1. The summed E-state index contributed by atoms with van der Waals surface area (Å²) in [5.41, 5.74) is 0. The zero-order chi connectivity index (χ0) is 14.3. The molecule has 0 fully saturated rings. The van der Waals surface area contributed by atoms with Gasteiger partial charge in [0.2, 0.25) is 5.91 Å². The quantitative estimate of drug-likeness (QED) is 0.644. The van der Waals surface area contributed by atoms with Crippen molar-refractivity contribution >= 4 is 29.3 Å². The number of hydrogen-bond acceptors (Lipinski definition) is 4. The number of carbonyl (C=O) groups is 2. The molecule has 4 nitrogen and oxygen atoms in total. The lowest BCUT2D eigenvalue weighted by Crippen LogP contribution is -2.41. The number of methoxy groups -OCH3 is 1. The van der Waals surface area contributed by atoms with Crippen LogP contribution in [0.1, 0.15) is 25.1 Å². The van der Waals surface area contributed by atoms with Gasteiger partial charge < -0.3 is 10.1 Å². The molecule has 5 heteroatoms. The lowest BCUT2D eigenvalue weighted by molar-refractivity contribution is -0.145. The molecule has 104 valence electrons. The van der Waals surface area contributed by atoms with Crippen molar-refractivity contribution in [1.29, 1.82) is 0 Å². The van der Waals surface area contributed by atoms with Crippen LogP contribution in [-0.2, 0) is 14.3 Å². The SMILES string of the molecule is COC(=O)C(CC(C)C)NC(=O)C=Cc1cccs1. The third-order valence-electron chi connectivity index (χ3n) is 2.45. The first-order valence-corrected chi connectivity index (χ1v) is 7.00. The van der Waals surface area contributed by atoms with Crippen LogP contribution in [0.4, 0.5) is 0 Å². The van der Waals surface area contributed by atoms with Crippen LogP contribution in [-0.4, -0.2) is 25.0 Å². The summed E-state index contributed by atoms with van der Waals surface area (Å²) in [4.78, 5) is 24.3. The molecule has 0 saturated heterocycles. The number of esters is 1. The third-order valence-corrected chi connectivity index (χ3v) is 3.29. The van der Waals surface area contributed by atoms with Gasteiger partial charge in [0.15, 0.2) is 0 Å². The van der Waals surface area contributed by atoms with Gasteiger partial charge >= 0.3 is 5.97 Å². The zero-order valence-corrected chi connectivity index (χ0v) is 12.2. The van der Waals surface area contributed by atoms with Gasteiger partial charge in [-0.2, -0.15) is 0 Å². The molecule has 19 heavy (non-hydrogen) atoms. The third kappa shape index (κ3) is 5.70. The second-order valence-corrected chi connectivity index (χ2v) is 5.54. The average Bonchev–Trinajstić information content (AvgIpc) is 2.87. The largest absolute Gasteiger partial charge is 0.467 e. The first-order valence-electron chi connectivity index (χ1n) is 6.13. The topological polar surface area (TPSA) is 55.4 Å². The van der Waals surface area contributed by atoms with Gasteiger partial charge in [-0.05, 0) is 29.9 Å². The Kier molecular flexibility index (Phi) is 6.29. The van der Waals surface area contributed by atoms with Crippen molar-refractivity contribution in [2.45, 2.75) is 26.3 Å². The molecule has 0 aliphatic carbocycles. The van der Waals surface area contributed by atoms with Gasteiger partial charge in [-0.1, -0.05) is 19.9 Å². The number of amides is 1. The van der Waals surface area contributed by atoms with Crippen LogP contribution < -0.4 is 5.32 Å². The molecule has 1 rings (SSSR count). The zero-order valence-electron chi connectivity index (χ0n) is 11.4. The molecule has 1 atom stereocenters. The van der Waals surface area contributed by atoms with Crippen molar-refractivity contribution in [2.75, 3.05) is 7.11 Å². The summed E-state index contributed by atoms with van der Waals surface area (Å²) < 4.78 is 4.69. The molecular formula is C14H19NO3S. The first kappa shape index (κ1) is 15.4. The van der Waals surface area contributed by atoms with Crippen LogP contribution in [0.3, 0.4) is 0 Å². The van der Waals surface area contributed by atoms with Crippen molar-refractivity contribution in [3.63, 3.8) is 0 Å². The molecule has 0 aromatic carbocycles. The van der Waals surface area contributed by atoms with E-state index in [4.69, 9.17) is 0 Å². The minimum Gasteiger partial charge on any atom is -0.467 e. The van der Waals surface area contributed by atoms with Gasteiger partial charge in [0, 0.05) is 11.0 Å². The summed E-state index contributed by atoms with van der Waals surface area (Å²) in [6, 6.07) is 3.24. The predicted octanol–water partition coefficient (Wildman–Crippen LogP) is 2.47. The van der Waals surface area contributed by atoms with E-state index in [9.17, 15) is 9.59 Å². The number of thiophene rings is 1. The van der Waals surface area contributed by atoms with E-state index in [1.165, 1.54) is 13.2 Å². The van der Waals surface area contributed by atoms with E-state index in [-0.39, 0.29) is 5.91 Å². The Hall–Kier alpha value is -1.62. The Morgan fingerprint density at radius 1 is 1.47 bits per heavy atom. The van der Waals surface area contributed by atoms with Gasteiger partial charge in [0.05, 0.1) is 7.11 Å². The summed E-state index contributed by atoms with van der Waals surface area (Å²) in [5, 5.41) is 4.60. The molecule has 0 spiro atoms. The minimum atomic E-state index is -0.592. The first-order chi connectivity index (χ1) is 9.02. The number of rotatable bonds is 6. The molecule has 1 amide bonds. The maximum atomic E-state index is 11.7. The number of ether oxygens (including phenoxy) is 1. The smallest absolute Gasteiger partial charge is 0.328 e. The molecule has 0 aliphatic heterocycles. The standard InChI is InChI=1S/C14H19NO3S/c1-10(2)9-12(14(17)18-3)15-13(16)7-6-11-5-4-8-19-11/h4-8,10,12H,9H2,1-3H3,(H,15,16). The van der Waals surface area contributed by atoms with Crippen LogP contribution >= 0.6 is 11.3 Å². The summed E-state index contributed by atoms with van der Waals surface area (Å²) in [5.74, 6) is -0.401. The number of carbonyl (C=O) groups excluding carboxylic acids is 2.